The van der Waals surface area contributed by atoms with Crippen LogP contribution in [0, 0.1) is 3.57 Å². The van der Waals surface area contributed by atoms with Crippen LogP contribution in [0.4, 0.5) is 0 Å². The van der Waals surface area contributed by atoms with Gasteiger partial charge in [-0.1, -0.05) is 19.1 Å². The maximum Gasteiger partial charge on any atom is 0.130 e. The van der Waals surface area contributed by atoms with E-state index in [4.69, 9.17) is 0 Å². The minimum atomic E-state index is 0.256. The molecule has 0 saturated heterocycles. The Hall–Kier alpha value is -0.380. The van der Waals surface area contributed by atoms with Crippen LogP contribution in [0.2, 0.25) is 0 Å². The van der Waals surface area contributed by atoms with E-state index in [-0.39, 0.29) is 5.78 Å². The second-order valence-electron chi connectivity index (χ2n) is 3.36. The molecule has 0 heterocycles. The third-order valence-corrected chi connectivity index (χ3v) is 2.68. The van der Waals surface area contributed by atoms with Gasteiger partial charge in [0.2, 0.25) is 0 Å². The van der Waals surface area contributed by atoms with Crippen molar-refractivity contribution in [3.8, 4) is 0 Å². The van der Waals surface area contributed by atoms with E-state index in [2.05, 4.69) is 47.7 Å². The molecule has 0 N–H and O–H groups in total. The van der Waals surface area contributed by atoms with Gasteiger partial charge in [0.05, 0.1) is 0 Å². The van der Waals surface area contributed by atoms with Gasteiger partial charge in [0.25, 0.3) is 0 Å². The van der Waals surface area contributed by atoms with Gasteiger partial charge in [-0.2, -0.15) is 0 Å². The molecule has 0 aliphatic rings. The molecule has 0 aliphatic heterocycles. The van der Waals surface area contributed by atoms with Crippen LogP contribution in [0.15, 0.2) is 24.3 Å². The molecule has 0 amide bonds. The summed E-state index contributed by atoms with van der Waals surface area (Å²) in [6, 6.07) is 8.31. The smallest absolute Gasteiger partial charge is 0.130 e. The molecule has 2 heteroatoms. The molecule has 1 rings (SSSR count). The van der Waals surface area contributed by atoms with Crippen LogP contribution in [0.25, 0.3) is 0 Å². The van der Waals surface area contributed by atoms with Crippen molar-refractivity contribution in [2.24, 2.45) is 0 Å². The van der Waals surface area contributed by atoms with Crippen molar-refractivity contribution in [3.05, 3.63) is 33.4 Å². The number of ketones is 1. The maximum atomic E-state index is 10.9. The highest BCUT2D eigenvalue weighted by Gasteiger charge is 2.07. The second-order valence-corrected chi connectivity index (χ2v) is 4.61. The zero-order valence-electron chi connectivity index (χ0n) is 7.88. The Labute approximate surface area is 92.7 Å². The summed E-state index contributed by atoms with van der Waals surface area (Å²) < 4.78 is 1.23. The Morgan fingerprint density at radius 3 is 2.77 bits per heavy atom. The number of carbonyl (C=O) groups is 1. The van der Waals surface area contributed by atoms with Crippen LogP contribution in [-0.4, -0.2) is 5.78 Å². The van der Waals surface area contributed by atoms with Crippen molar-refractivity contribution < 1.29 is 4.79 Å². The summed E-state index contributed by atoms with van der Waals surface area (Å²) in [5.74, 6) is 0.596. The fourth-order valence-electron chi connectivity index (χ4n) is 1.36. The van der Waals surface area contributed by atoms with E-state index in [1.54, 1.807) is 6.92 Å². The SMILES string of the molecule is CC(=O)C[C@@H](C)c1cccc(I)c1. The topological polar surface area (TPSA) is 17.1 Å². The fraction of sp³-hybridized carbons (Fsp3) is 0.364. The van der Waals surface area contributed by atoms with E-state index in [1.807, 2.05) is 6.07 Å². The van der Waals surface area contributed by atoms with E-state index in [9.17, 15) is 4.79 Å². The van der Waals surface area contributed by atoms with Gasteiger partial charge in [0.1, 0.15) is 5.78 Å². The van der Waals surface area contributed by atoms with Gasteiger partial charge in [-0.3, -0.25) is 0 Å². The van der Waals surface area contributed by atoms with E-state index in [1.165, 1.54) is 9.13 Å². The van der Waals surface area contributed by atoms with Crippen LogP contribution in [0.1, 0.15) is 31.7 Å². The molecular weight excluding hydrogens is 275 g/mol. The van der Waals surface area contributed by atoms with Crippen molar-refractivity contribution in [1.29, 1.82) is 0 Å². The van der Waals surface area contributed by atoms with Crippen molar-refractivity contribution >= 4 is 28.4 Å². The quantitative estimate of drug-likeness (QED) is 0.779. The first kappa shape index (κ1) is 10.7. The summed E-state index contributed by atoms with van der Waals surface area (Å²) in [6.45, 7) is 3.73. The highest BCUT2D eigenvalue weighted by atomic mass is 127. The van der Waals surface area contributed by atoms with Gasteiger partial charge < -0.3 is 4.79 Å². The first-order valence-corrected chi connectivity index (χ1v) is 5.42. The largest absolute Gasteiger partial charge is 0.300 e. The first-order chi connectivity index (χ1) is 6.09. The van der Waals surface area contributed by atoms with E-state index in [0.29, 0.717) is 12.3 Å². The molecule has 0 aromatic heterocycles. The normalized spacial score (nSPS) is 12.5. The molecule has 1 aromatic carbocycles. The molecule has 0 bridgehead atoms. The molecule has 0 saturated carbocycles. The number of rotatable bonds is 3. The van der Waals surface area contributed by atoms with E-state index >= 15 is 0 Å². The van der Waals surface area contributed by atoms with Crippen LogP contribution in [-0.2, 0) is 4.79 Å². The van der Waals surface area contributed by atoms with Crippen molar-refractivity contribution in [1.82, 2.24) is 0 Å². The molecule has 0 fully saturated rings. The van der Waals surface area contributed by atoms with Crippen LogP contribution < -0.4 is 0 Å². The van der Waals surface area contributed by atoms with Gasteiger partial charge in [-0.25, -0.2) is 0 Å². The number of carbonyl (C=O) groups excluding carboxylic acids is 1. The van der Waals surface area contributed by atoms with Crippen LogP contribution in [0.3, 0.4) is 0 Å². The molecule has 1 aromatic rings. The number of halogens is 1. The molecule has 13 heavy (non-hydrogen) atoms. The standard InChI is InChI=1S/C11H13IO/c1-8(6-9(2)13)10-4-3-5-11(12)7-10/h3-5,7-8H,6H2,1-2H3/t8-/m1/s1. The summed E-state index contributed by atoms with van der Waals surface area (Å²) in [6.07, 6.45) is 0.639. The molecule has 0 radical (unpaired) electrons. The summed E-state index contributed by atoms with van der Waals surface area (Å²) in [5, 5.41) is 0. The van der Waals surface area contributed by atoms with Gasteiger partial charge in [-0.15, -0.1) is 0 Å². The van der Waals surface area contributed by atoms with Gasteiger partial charge in [0.15, 0.2) is 0 Å². The zero-order valence-corrected chi connectivity index (χ0v) is 10.0. The third kappa shape index (κ3) is 3.46. The first-order valence-electron chi connectivity index (χ1n) is 4.34. The summed E-state index contributed by atoms with van der Waals surface area (Å²) in [4.78, 5) is 10.9. The Morgan fingerprint density at radius 1 is 1.54 bits per heavy atom. The van der Waals surface area contributed by atoms with Gasteiger partial charge in [0, 0.05) is 9.99 Å². The van der Waals surface area contributed by atoms with Crippen molar-refractivity contribution in [2.75, 3.05) is 0 Å². The zero-order chi connectivity index (χ0) is 9.84. The average Bonchev–Trinajstić information content (AvgIpc) is 2.03. The molecule has 70 valence electrons. The Balaban J connectivity index is 2.76. The molecular formula is C11H13IO. The van der Waals surface area contributed by atoms with Gasteiger partial charge in [-0.05, 0) is 53.1 Å². The lowest BCUT2D eigenvalue weighted by Crippen LogP contribution is -2.00. The van der Waals surface area contributed by atoms with Gasteiger partial charge >= 0.3 is 0 Å². The minimum Gasteiger partial charge on any atom is -0.300 e. The predicted molar refractivity (Wildman–Crippen MR) is 62.9 cm³/mol. The number of hydrogen-bond donors (Lipinski definition) is 0. The minimum absolute atomic E-state index is 0.256. The highest BCUT2D eigenvalue weighted by Crippen LogP contribution is 2.20. The van der Waals surface area contributed by atoms with Crippen molar-refractivity contribution in [3.63, 3.8) is 0 Å². The number of hydrogen-bond acceptors (Lipinski definition) is 1. The molecule has 1 nitrogen and oxygen atoms in total. The lowest BCUT2D eigenvalue weighted by Gasteiger charge is -2.09. The molecule has 0 unspecified atom stereocenters. The summed E-state index contributed by atoms with van der Waals surface area (Å²) in [5.41, 5.74) is 1.25. The lowest BCUT2D eigenvalue weighted by atomic mass is 9.96. The predicted octanol–water partition coefficient (Wildman–Crippen LogP) is 3.37. The highest BCUT2D eigenvalue weighted by molar-refractivity contribution is 14.1. The van der Waals surface area contributed by atoms with E-state index in [0.717, 1.165) is 0 Å². The Kier molecular flexibility index (Phi) is 3.90. The third-order valence-electron chi connectivity index (χ3n) is 2.01. The Bertz CT molecular complexity index is 307. The molecule has 1 atom stereocenters. The Morgan fingerprint density at radius 2 is 2.23 bits per heavy atom. The fourth-order valence-corrected chi connectivity index (χ4v) is 1.93. The van der Waals surface area contributed by atoms with Crippen LogP contribution >= 0.6 is 22.6 Å². The molecule has 0 aliphatic carbocycles. The lowest BCUT2D eigenvalue weighted by molar-refractivity contribution is -0.117. The van der Waals surface area contributed by atoms with Crippen molar-refractivity contribution in [2.45, 2.75) is 26.2 Å². The summed E-state index contributed by atoms with van der Waals surface area (Å²) >= 11 is 2.29. The number of Topliss-reactive ketones (excluding diaryl/α,β-unsaturated/α-hetero) is 1. The average molecular weight is 288 g/mol. The van der Waals surface area contributed by atoms with Crippen LogP contribution in [0.5, 0.6) is 0 Å². The molecule has 0 spiro atoms. The van der Waals surface area contributed by atoms with E-state index < -0.39 is 0 Å². The second kappa shape index (κ2) is 4.74. The monoisotopic (exact) mass is 288 g/mol. The number of benzene rings is 1. The summed E-state index contributed by atoms with van der Waals surface area (Å²) in [7, 11) is 0. The maximum absolute atomic E-state index is 10.9.